The number of carbonyl (C=O) groups excluding carboxylic acids is 2. The number of amides is 2. The van der Waals surface area contributed by atoms with E-state index >= 15 is 0 Å². The Morgan fingerprint density at radius 2 is 0.950 bits per heavy atom. The number of rotatable bonds is 11. The predicted octanol–water partition coefficient (Wildman–Crippen LogP) is 12.2. The van der Waals surface area contributed by atoms with Crippen LogP contribution < -0.4 is 0 Å². The van der Waals surface area contributed by atoms with Gasteiger partial charge in [0.25, 0.3) is 0 Å². The minimum atomic E-state index is -0.257. The first-order valence-electron chi connectivity index (χ1n) is 20.4. The number of hydrogen-bond acceptors (Lipinski definition) is 5. The second-order valence-corrected chi connectivity index (χ2v) is 15.8. The van der Waals surface area contributed by atoms with Gasteiger partial charge in [-0.1, -0.05) is 157 Å². The molecule has 0 bridgehead atoms. The maximum atomic E-state index is 12.9. The quantitative estimate of drug-likeness (QED) is 0.122. The molecule has 2 aliphatic carbocycles. The number of aliphatic imine (C=N–C) groups is 1. The Morgan fingerprint density at radius 1 is 0.550 bits per heavy atom. The van der Waals surface area contributed by atoms with Gasteiger partial charge in [0.05, 0.1) is 11.4 Å². The summed E-state index contributed by atoms with van der Waals surface area (Å²) in [4.78, 5) is 34.1. The second kappa shape index (κ2) is 21.3. The maximum absolute atomic E-state index is 12.9. The summed E-state index contributed by atoms with van der Waals surface area (Å²) in [6.45, 7) is 5.89. The van der Waals surface area contributed by atoms with Crippen molar-refractivity contribution in [1.82, 2.24) is 9.80 Å². The monoisotopic (exact) mass is 863 g/mol. The molecule has 0 radical (unpaired) electrons. The summed E-state index contributed by atoms with van der Waals surface area (Å²) < 4.78 is 12.2. The van der Waals surface area contributed by atoms with Crippen LogP contribution in [0.1, 0.15) is 65.8 Å². The molecule has 8 heteroatoms. The van der Waals surface area contributed by atoms with Crippen LogP contribution in [-0.2, 0) is 48.4 Å². The van der Waals surface area contributed by atoms with E-state index < -0.39 is 0 Å². The molecule has 2 atom stereocenters. The number of nitrogens with zero attached hydrogens (tertiary/aromatic N) is 3. The van der Waals surface area contributed by atoms with E-state index in [1.807, 2.05) is 121 Å². The van der Waals surface area contributed by atoms with Crippen molar-refractivity contribution in [2.45, 2.75) is 72.3 Å². The first kappa shape index (κ1) is 43.6. The average Bonchev–Trinajstić information content (AvgIpc) is 3.90. The Morgan fingerprint density at radius 3 is 1.40 bits per heavy atom. The van der Waals surface area contributed by atoms with Crippen LogP contribution in [0.5, 0.6) is 0 Å². The van der Waals surface area contributed by atoms with Crippen molar-refractivity contribution in [1.29, 1.82) is 0 Å². The molecule has 0 saturated heterocycles. The van der Waals surface area contributed by atoms with Crippen molar-refractivity contribution >= 4 is 39.5 Å². The number of likely N-dealkylation sites (N-methyl/N-ethyl adjacent to an activating group) is 2. The van der Waals surface area contributed by atoms with E-state index in [2.05, 4.69) is 76.6 Å². The summed E-state index contributed by atoms with van der Waals surface area (Å²) in [7, 11) is 0. The van der Waals surface area contributed by atoms with E-state index in [-0.39, 0.29) is 38.3 Å². The topological polar surface area (TPSA) is 71.4 Å². The van der Waals surface area contributed by atoms with Crippen LogP contribution in [0.25, 0.3) is 0 Å². The highest BCUT2D eigenvalue weighted by atomic mass is 79.9. The normalized spacial score (nSPS) is 14.6. The third-order valence-corrected chi connectivity index (χ3v) is 11.5. The molecule has 0 heterocycles. The molecule has 308 valence electrons. The lowest BCUT2D eigenvalue weighted by Gasteiger charge is -2.26. The number of fused-ring (bicyclic) bond motifs is 2. The number of carbonyl (C=O) groups is 2. The average molecular weight is 865 g/mol. The van der Waals surface area contributed by atoms with Crippen molar-refractivity contribution in [3.8, 4) is 0 Å². The molecule has 6 aromatic carbocycles. The van der Waals surface area contributed by atoms with E-state index in [1.54, 1.807) is 0 Å². The smallest absolute Gasteiger partial charge is 0.410 e. The molecule has 0 N–H and O–H groups in total. The lowest BCUT2D eigenvalue weighted by atomic mass is 10.0. The molecule has 0 spiro atoms. The van der Waals surface area contributed by atoms with Crippen LogP contribution in [-0.4, -0.2) is 52.9 Å². The molecule has 2 amide bonds. The van der Waals surface area contributed by atoms with Crippen LogP contribution in [0, 0.1) is 0 Å². The molecule has 0 saturated carbocycles. The van der Waals surface area contributed by atoms with Crippen molar-refractivity contribution < 1.29 is 19.1 Å². The Balaban J connectivity index is 0.000000218. The Kier molecular flexibility index (Phi) is 15.5. The van der Waals surface area contributed by atoms with E-state index in [9.17, 15) is 9.59 Å². The van der Waals surface area contributed by atoms with E-state index in [0.717, 1.165) is 63.8 Å². The minimum Gasteiger partial charge on any atom is -0.445 e. The summed E-state index contributed by atoms with van der Waals surface area (Å²) in [6.07, 6.45) is 2.94. The molecule has 0 aromatic heterocycles. The van der Waals surface area contributed by atoms with Gasteiger partial charge in [0, 0.05) is 40.8 Å². The highest BCUT2D eigenvalue weighted by Gasteiger charge is 2.31. The number of halogens is 1. The van der Waals surface area contributed by atoms with Gasteiger partial charge in [-0.3, -0.25) is 0 Å². The molecular formula is C52H54BrN3O4. The molecule has 0 unspecified atom stereocenters. The van der Waals surface area contributed by atoms with Crippen molar-refractivity contribution in [2.24, 2.45) is 4.99 Å². The van der Waals surface area contributed by atoms with Gasteiger partial charge >= 0.3 is 12.2 Å². The fraction of sp³-hybridized carbons (Fsp3) is 0.250. The van der Waals surface area contributed by atoms with Crippen LogP contribution >= 0.6 is 15.9 Å². The molecular weight excluding hydrogens is 810 g/mol. The number of benzene rings is 6. The van der Waals surface area contributed by atoms with Gasteiger partial charge in [0.15, 0.2) is 0 Å². The molecule has 8 rings (SSSR count). The fourth-order valence-electron chi connectivity index (χ4n) is 7.95. The van der Waals surface area contributed by atoms with E-state index in [1.165, 1.54) is 22.3 Å². The van der Waals surface area contributed by atoms with Gasteiger partial charge in [0.2, 0.25) is 0 Å². The number of hydrogen-bond donors (Lipinski definition) is 0. The minimum absolute atomic E-state index is 0. The van der Waals surface area contributed by atoms with Gasteiger partial charge in [-0.05, 0) is 97.2 Å². The summed E-state index contributed by atoms with van der Waals surface area (Å²) >= 11 is 3.51. The molecule has 2 aliphatic rings. The third-order valence-electron chi connectivity index (χ3n) is 11.0. The molecule has 60 heavy (non-hydrogen) atoms. The summed E-state index contributed by atoms with van der Waals surface area (Å²) in [6, 6.07) is 53.2. The third kappa shape index (κ3) is 11.2. The van der Waals surface area contributed by atoms with Crippen molar-refractivity contribution in [2.75, 3.05) is 13.1 Å². The zero-order chi connectivity index (χ0) is 41.0. The van der Waals surface area contributed by atoms with Gasteiger partial charge in [-0.2, -0.15) is 0 Å². The molecule has 0 fully saturated rings. The Labute approximate surface area is 363 Å². The van der Waals surface area contributed by atoms with Gasteiger partial charge in [-0.15, -0.1) is 0 Å². The van der Waals surface area contributed by atoms with Crippen LogP contribution in [0.4, 0.5) is 15.3 Å². The van der Waals surface area contributed by atoms with E-state index in [0.29, 0.717) is 19.7 Å². The first-order valence-corrected chi connectivity index (χ1v) is 21.2. The lowest BCUT2D eigenvalue weighted by Crippen LogP contribution is -2.41. The summed E-state index contributed by atoms with van der Waals surface area (Å²) in [5, 5.41) is 0. The maximum Gasteiger partial charge on any atom is 0.410 e. The Hall–Kier alpha value is -5.99. The van der Waals surface area contributed by atoms with Gasteiger partial charge < -0.3 is 19.3 Å². The Bertz CT molecular complexity index is 2300. The van der Waals surface area contributed by atoms with Crippen LogP contribution in [0.2, 0.25) is 0 Å². The SMILES string of the molecule is C.CCN(C(=O)OCc1ccccc1)[C@H]1Cc2ccc(Br)cc2C1.CCN(C(=O)OCc1ccccc1)[C@H]1Cc2ccc(N=C(c3ccccc3)c3ccccc3)cc2C1. The standard InChI is InChI=1S/C32H30N2O2.C19H20BrNO2.CH4/c1-2-34(32(35)36-23-24-12-6-3-7-13-24)30-21-27-18-19-29(20-28(27)22-30)33-31(25-14-8-4-9-15-25)26-16-10-5-11-17-26;1-2-21(19(22)23-13-14-6-4-3-5-7-14)18-11-15-8-9-17(20)10-16(15)12-18;/h3-20,30H,2,21-23H2,1H3;3-10,18H,2,11-13H2,1H3;1H4/t30-;18-;/m00./s1. The van der Waals surface area contributed by atoms with Crippen LogP contribution in [0.3, 0.4) is 0 Å². The van der Waals surface area contributed by atoms with Crippen LogP contribution in [0.15, 0.2) is 167 Å². The predicted molar refractivity (Wildman–Crippen MR) is 246 cm³/mol. The lowest BCUT2D eigenvalue weighted by molar-refractivity contribution is 0.0832. The molecule has 0 aliphatic heterocycles. The molecule has 7 nitrogen and oxygen atoms in total. The van der Waals surface area contributed by atoms with Crippen molar-refractivity contribution in [3.63, 3.8) is 0 Å². The highest BCUT2D eigenvalue weighted by molar-refractivity contribution is 9.10. The second-order valence-electron chi connectivity index (χ2n) is 14.8. The largest absolute Gasteiger partial charge is 0.445 e. The zero-order valence-electron chi connectivity index (χ0n) is 33.7. The summed E-state index contributed by atoms with van der Waals surface area (Å²) in [5.74, 6) is 0. The number of ether oxygens (including phenoxy) is 2. The molecule has 6 aromatic rings. The van der Waals surface area contributed by atoms with Gasteiger partial charge in [0.1, 0.15) is 13.2 Å². The summed E-state index contributed by atoms with van der Waals surface area (Å²) in [5.41, 5.74) is 11.2. The highest BCUT2D eigenvalue weighted by Crippen LogP contribution is 2.31. The first-order chi connectivity index (χ1) is 28.9. The fourth-order valence-corrected chi connectivity index (χ4v) is 8.36. The van der Waals surface area contributed by atoms with E-state index in [4.69, 9.17) is 14.5 Å². The van der Waals surface area contributed by atoms with Crippen molar-refractivity contribution in [3.05, 3.63) is 207 Å². The van der Waals surface area contributed by atoms with Gasteiger partial charge in [-0.25, -0.2) is 14.6 Å². The zero-order valence-corrected chi connectivity index (χ0v) is 35.3.